The maximum absolute atomic E-state index is 13.5. The number of benzene rings is 2. The van der Waals surface area contributed by atoms with Crippen molar-refractivity contribution in [3.63, 3.8) is 0 Å². The molecule has 0 saturated carbocycles. The van der Waals surface area contributed by atoms with Gasteiger partial charge < -0.3 is 19.1 Å². The van der Waals surface area contributed by atoms with Gasteiger partial charge in [-0.05, 0) is 68.5 Å². The Morgan fingerprint density at radius 3 is 2.53 bits per heavy atom. The highest BCUT2D eigenvalue weighted by Crippen LogP contribution is 2.40. The van der Waals surface area contributed by atoms with Crippen LogP contribution in [-0.2, 0) is 4.74 Å². The molecule has 2 fully saturated rings. The third-order valence-electron chi connectivity index (χ3n) is 7.44. The minimum Gasteiger partial charge on any atom is -0.493 e. The summed E-state index contributed by atoms with van der Waals surface area (Å²) < 4.78 is 17.1. The van der Waals surface area contributed by atoms with Gasteiger partial charge in [-0.1, -0.05) is 23.7 Å². The van der Waals surface area contributed by atoms with Gasteiger partial charge in [-0.15, -0.1) is 11.3 Å². The molecule has 2 aliphatic heterocycles. The van der Waals surface area contributed by atoms with Crippen LogP contribution in [0.3, 0.4) is 0 Å². The summed E-state index contributed by atoms with van der Waals surface area (Å²) in [6.07, 6.45) is 2.39. The van der Waals surface area contributed by atoms with Crippen molar-refractivity contribution in [2.45, 2.75) is 12.8 Å². The number of hydrogen-bond donors (Lipinski definition) is 0. The number of aliphatic imine (C=N–C) groups is 1. The molecule has 2 saturated heterocycles. The molecule has 7 nitrogen and oxygen atoms in total. The number of nitrogens with zero attached hydrogens (tertiary/aromatic N) is 3. The van der Waals surface area contributed by atoms with Gasteiger partial charge in [0, 0.05) is 40.7 Å². The molecule has 2 aliphatic rings. The lowest BCUT2D eigenvalue weighted by Crippen LogP contribution is -2.51. The second kappa shape index (κ2) is 11.5. The van der Waals surface area contributed by atoms with Gasteiger partial charge in [-0.2, -0.15) is 0 Å². The Balaban J connectivity index is 1.23. The van der Waals surface area contributed by atoms with E-state index in [9.17, 15) is 4.79 Å². The number of anilines is 1. The van der Waals surface area contributed by atoms with Gasteiger partial charge in [0.15, 0.2) is 11.5 Å². The average molecular weight is 554 g/mol. The summed E-state index contributed by atoms with van der Waals surface area (Å²) in [6, 6.07) is 14.9. The van der Waals surface area contributed by atoms with E-state index in [0.29, 0.717) is 44.8 Å². The number of hydrogen-bond acceptors (Lipinski definition) is 7. The van der Waals surface area contributed by atoms with Crippen LogP contribution >= 0.6 is 22.9 Å². The van der Waals surface area contributed by atoms with Crippen LogP contribution in [0.1, 0.15) is 22.5 Å². The highest BCUT2D eigenvalue weighted by Gasteiger charge is 2.40. The van der Waals surface area contributed by atoms with E-state index in [0.717, 1.165) is 43.3 Å². The lowest BCUT2D eigenvalue weighted by atomic mass is 9.77. The standard InChI is InChI=1S/C29H32ClN3O4S/c1-31-23-17-26(20-4-6-21(30)7-5-20)38-27(23)28(34)32(2)22-8-9-24(25(16-22)35-3)37-15-14-33-12-10-29(11-13-33)18-36-19-29/h4-9,16-17H,1,10-15,18-19H2,2-3H3. The second-order valence-electron chi connectivity index (χ2n) is 9.87. The second-order valence-corrected chi connectivity index (χ2v) is 11.4. The zero-order valence-corrected chi connectivity index (χ0v) is 23.3. The molecule has 1 aromatic heterocycles. The van der Waals surface area contributed by atoms with Crippen LogP contribution in [0.25, 0.3) is 10.4 Å². The quantitative estimate of drug-likeness (QED) is 0.296. The number of thiophene rings is 1. The Labute approximate surface area is 232 Å². The maximum Gasteiger partial charge on any atom is 0.270 e. The van der Waals surface area contributed by atoms with Crippen LogP contribution < -0.4 is 14.4 Å². The average Bonchev–Trinajstić information content (AvgIpc) is 3.37. The first kappa shape index (κ1) is 26.7. The van der Waals surface area contributed by atoms with Gasteiger partial charge >= 0.3 is 0 Å². The number of piperidine rings is 1. The molecule has 3 heterocycles. The number of carbonyl (C=O) groups is 1. The van der Waals surface area contributed by atoms with Crippen molar-refractivity contribution >= 4 is 46.9 Å². The van der Waals surface area contributed by atoms with E-state index in [1.54, 1.807) is 19.1 Å². The molecule has 38 heavy (non-hydrogen) atoms. The molecule has 0 radical (unpaired) electrons. The van der Waals surface area contributed by atoms with E-state index in [1.165, 1.54) is 24.2 Å². The first-order valence-corrected chi connectivity index (χ1v) is 13.9. The van der Waals surface area contributed by atoms with Gasteiger partial charge in [0.1, 0.15) is 11.5 Å². The molecule has 0 N–H and O–H groups in total. The van der Waals surface area contributed by atoms with E-state index in [4.69, 9.17) is 25.8 Å². The molecular formula is C29H32ClN3O4S. The third kappa shape index (κ3) is 5.59. The lowest BCUT2D eigenvalue weighted by Gasteiger charge is -2.47. The third-order valence-corrected chi connectivity index (χ3v) is 8.86. The van der Waals surface area contributed by atoms with Crippen molar-refractivity contribution in [1.29, 1.82) is 0 Å². The number of methoxy groups -OCH3 is 1. The summed E-state index contributed by atoms with van der Waals surface area (Å²) in [5.74, 6) is 1.07. The lowest BCUT2D eigenvalue weighted by molar-refractivity contribution is -0.139. The molecule has 0 atom stereocenters. The van der Waals surface area contributed by atoms with Gasteiger partial charge in [-0.3, -0.25) is 14.7 Å². The van der Waals surface area contributed by atoms with Crippen LogP contribution in [0.15, 0.2) is 53.5 Å². The van der Waals surface area contributed by atoms with Crippen LogP contribution in [0.2, 0.25) is 5.02 Å². The Morgan fingerprint density at radius 2 is 1.89 bits per heavy atom. The van der Waals surface area contributed by atoms with Crippen LogP contribution in [0.4, 0.5) is 11.4 Å². The molecule has 0 bridgehead atoms. The molecule has 5 rings (SSSR count). The Bertz CT molecular complexity index is 1300. The van der Waals surface area contributed by atoms with E-state index in [1.807, 2.05) is 48.5 Å². The van der Waals surface area contributed by atoms with Gasteiger partial charge in [0.05, 0.1) is 26.0 Å². The molecular weight excluding hydrogens is 522 g/mol. The largest absolute Gasteiger partial charge is 0.493 e. The number of carbonyl (C=O) groups excluding carboxylic acids is 1. The summed E-state index contributed by atoms with van der Waals surface area (Å²) in [7, 11) is 3.35. The number of amides is 1. The summed E-state index contributed by atoms with van der Waals surface area (Å²) in [6.45, 7) is 9.10. The highest BCUT2D eigenvalue weighted by molar-refractivity contribution is 7.18. The SMILES string of the molecule is C=Nc1cc(-c2ccc(Cl)cc2)sc1C(=O)N(C)c1ccc(OCCN2CCC3(CC2)COC3)c(OC)c1. The Kier molecular flexibility index (Phi) is 8.04. The monoisotopic (exact) mass is 553 g/mol. The predicted molar refractivity (Wildman–Crippen MR) is 154 cm³/mol. The topological polar surface area (TPSA) is 63.6 Å². The summed E-state index contributed by atoms with van der Waals surface area (Å²) in [5.41, 5.74) is 2.65. The molecule has 3 aromatic rings. The smallest absolute Gasteiger partial charge is 0.270 e. The predicted octanol–water partition coefficient (Wildman–Crippen LogP) is 6.18. The van der Waals surface area contributed by atoms with Crippen LogP contribution in [-0.4, -0.2) is 71.1 Å². The molecule has 0 aliphatic carbocycles. The number of halogens is 1. The van der Waals surface area contributed by atoms with Gasteiger partial charge in [0.25, 0.3) is 5.91 Å². The summed E-state index contributed by atoms with van der Waals surface area (Å²) in [4.78, 5) is 23.0. The maximum atomic E-state index is 13.5. The van der Waals surface area contributed by atoms with Crippen LogP contribution in [0, 0.1) is 5.41 Å². The van der Waals surface area contributed by atoms with Gasteiger partial charge in [0.2, 0.25) is 0 Å². The number of likely N-dealkylation sites (tertiary alicyclic amines) is 1. The fourth-order valence-electron chi connectivity index (χ4n) is 4.88. The first-order chi connectivity index (χ1) is 18.4. The van der Waals surface area contributed by atoms with Crippen molar-refractivity contribution in [3.8, 4) is 21.9 Å². The van der Waals surface area contributed by atoms with Crippen molar-refractivity contribution in [1.82, 2.24) is 4.90 Å². The molecule has 200 valence electrons. The van der Waals surface area contributed by atoms with Crippen molar-refractivity contribution < 1.29 is 19.0 Å². The molecule has 1 spiro atoms. The molecule has 1 amide bonds. The number of rotatable bonds is 9. The van der Waals surface area contributed by atoms with Crippen molar-refractivity contribution in [2.75, 3.05) is 58.5 Å². The summed E-state index contributed by atoms with van der Waals surface area (Å²) >= 11 is 7.41. The molecule has 0 unspecified atom stereocenters. The molecule has 2 aromatic carbocycles. The number of ether oxygens (including phenoxy) is 3. The van der Waals surface area contributed by atoms with E-state index in [-0.39, 0.29) is 5.91 Å². The normalized spacial score (nSPS) is 16.6. The highest BCUT2D eigenvalue weighted by atomic mass is 35.5. The van der Waals surface area contributed by atoms with Crippen LogP contribution in [0.5, 0.6) is 11.5 Å². The van der Waals surface area contributed by atoms with E-state index < -0.39 is 0 Å². The van der Waals surface area contributed by atoms with Gasteiger partial charge in [-0.25, -0.2) is 0 Å². The fraction of sp³-hybridized carbons (Fsp3) is 0.379. The van der Waals surface area contributed by atoms with E-state index >= 15 is 0 Å². The zero-order valence-electron chi connectivity index (χ0n) is 21.7. The minimum atomic E-state index is -0.173. The van der Waals surface area contributed by atoms with Crippen molar-refractivity contribution in [3.05, 3.63) is 58.4 Å². The van der Waals surface area contributed by atoms with Crippen molar-refractivity contribution in [2.24, 2.45) is 10.4 Å². The Morgan fingerprint density at radius 1 is 1.16 bits per heavy atom. The first-order valence-electron chi connectivity index (χ1n) is 12.7. The van der Waals surface area contributed by atoms with E-state index in [2.05, 4.69) is 16.6 Å². The minimum absolute atomic E-state index is 0.173. The Hall–Kier alpha value is -2.91. The zero-order chi connectivity index (χ0) is 26.7. The molecule has 9 heteroatoms. The summed E-state index contributed by atoms with van der Waals surface area (Å²) in [5, 5.41) is 0.661. The fourth-order valence-corrected chi connectivity index (χ4v) is 6.10.